The number of carbonyl (C=O) groups is 1. The van der Waals surface area contributed by atoms with Gasteiger partial charge in [-0.25, -0.2) is 9.67 Å². The Balaban J connectivity index is 1.54. The number of halogens is 3. The molecular weight excluding hydrogens is 401 g/mol. The number of pyridine rings is 1. The fourth-order valence-corrected chi connectivity index (χ4v) is 2.66. The third-order valence-electron chi connectivity index (χ3n) is 4.22. The maximum atomic E-state index is 12.7. The van der Waals surface area contributed by atoms with E-state index in [9.17, 15) is 23.1 Å². The summed E-state index contributed by atoms with van der Waals surface area (Å²) in [6.45, 7) is 1.28. The van der Waals surface area contributed by atoms with Crippen LogP contribution in [0.3, 0.4) is 0 Å². The number of benzene rings is 1. The Kier molecular flexibility index (Phi) is 6.36. The highest BCUT2D eigenvalue weighted by Crippen LogP contribution is 2.31. The number of rotatable bonds is 7. The van der Waals surface area contributed by atoms with E-state index in [2.05, 4.69) is 15.4 Å². The molecule has 3 rings (SSSR count). The van der Waals surface area contributed by atoms with Gasteiger partial charge >= 0.3 is 6.18 Å². The molecule has 3 aromatic rings. The lowest BCUT2D eigenvalue weighted by molar-refractivity contribution is -0.137. The SMILES string of the molecule is Cc1c(C(=O)NCC(O)COc2cccc(C(F)(F)F)c2)cnn1-c1ccccn1. The van der Waals surface area contributed by atoms with E-state index in [-0.39, 0.29) is 18.9 Å². The number of nitrogens with zero attached hydrogens (tertiary/aromatic N) is 3. The van der Waals surface area contributed by atoms with Crippen molar-refractivity contribution in [3.05, 3.63) is 71.7 Å². The molecule has 2 heterocycles. The van der Waals surface area contributed by atoms with E-state index in [0.717, 1.165) is 12.1 Å². The van der Waals surface area contributed by atoms with Gasteiger partial charge in [0.25, 0.3) is 5.91 Å². The normalized spacial score (nSPS) is 12.4. The fraction of sp³-hybridized carbons (Fsp3) is 0.250. The first kappa shape index (κ1) is 21.3. The zero-order valence-electron chi connectivity index (χ0n) is 15.9. The maximum absolute atomic E-state index is 12.7. The third kappa shape index (κ3) is 5.15. The lowest BCUT2D eigenvalue weighted by atomic mass is 10.2. The summed E-state index contributed by atoms with van der Waals surface area (Å²) in [6, 6.07) is 9.65. The number of ether oxygens (including phenoxy) is 1. The van der Waals surface area contributed by atoms with Crippen molar-refractivity contribution in [2.75, 3.05) is 13.2 Å². The molecular formula is C20H19F3N4O3. The molecule has 2 N–H and O–H groups in total. The molecule has 0 aliphatic rings. The van der Waals surface area contributed by atoms with Gasteiger partial charge in [0.15, 0.2) is 5.82 Å². The summed E-state index contributed by atoms with van der Waals surface area (Å²) in [5.74, 6) is 0.0825. The second-order valence-electron chi connectivity index (χ2n) is 6.44. The number of aliphatic hydroxyl groups is 1. The van der Waals surface area contributed by atoms with Crippen molar-refractivity contribution in [2.24, 2.45) is 0 Å². The molecule has 10 heteroatoms. The van der Waals surface area contributed by atoms with Crippen LogP contribution < -0.4 is 10.1 Å². The van der Waals surface area contributed by atoms with Crippen LogP contribution in [0.25, 0.3) is 5.82 Å². The zero-order chi connectivity index (χ0) is 21.7. The third-order valence-corrected chi connectivity index (χ3v) is 4.22. The van der Waals surface area contributed by atoms with E-state index < -0.39 is 23.8 Å². The molecule has 0 fully saturated rings. The minimum atomic E-state index is -4.48. The summed E-state index contributed by atoms with van der Waals surface area (Å²) < 4.78 is 44.9. The van der Waals surface area contributed by atoms with E-state index >= 15 is 0 Å². The Hall–Kier alpha value is -3.40. The van der Waals surface area contributed by atoms with Crippen molar-refractivity contribution < 1.29 is 27.8 Å². The van der Waals surface area contributed by atoms with Gasteiger partial charge in [-0.05, 0) is 37.3 Å². The highest BCUT2D eigenvalue weighted by molar-refractivity contribution is 5.95. The minimum absolute atomic E-state index is 0.0253. The van der Waals surface area contributed by atoms with Crippen LogP contribution in [-0.2, 0) is 6.18 Å². The molecule has 1 aromatic carbocycles. The Labute approximate surface area is 170 Å². The van der Waals surface area contributed by atoms with E-state index in [1.54, 1.807) is 31.3 Å². The van der Waals surface area contributed by atoms with Crippen LogP contribution in [0.1, 0.15) is 21.6 Å². The van der Waals surface area contributed by atoms with Gasteiger partial charge in [0, 0.05) is 12.7 Å². The number of nitrogens with one attached hydrogen (secondary N) is 1. The Morgan fingerprint density at radius 1 is 1.27 bits per heavy atom. The molecule has 0 aliphatic carbocycles. The van der Waals surface area contributed by atoms with E-state index in [4.69, 9.17) is 4.74 Å². The van der Waals surface area contributed by atoms with Crippen molar-refractivity contribution >= 4 is 5.91 Å². The molecule has 0 spiro atoms. The van der Waals surface area contributed by atoms with Gasteiger partial charge in [-0.3, -0.25) is 4.79 Å². The lowest BCUT2D eigenvalue weighted by Crippen LogP contribution is -2.35. The van der Waals surface area contributed by atoms with E-state index in [0.29, 0.717) is 17.1 Å². The van der Waals surface area contributed by atoms with Gasteiger partial charge < -0.3 is 15.2 Å². The van der Waals surface area contributed by atoms with Gasteiger partial charge in [0.05, 0.1) is 23.0 Å². The largest absolute Gasteiger partial charge is 0.491 e. The number of hydrogen-bond acceptors (Lipinski definition) is 5. The topological polar surface area (TPSA) is 89.3 Å². The van der Waals surface area contributed by atoms with Gasteiger partial charge in [-0.1, -0.05) is 12.1 Å². The van der Waals surface area contributed by atoms with Crippen LogP contribution in [0.15, 0.2) is 54.9 Å². The predicted molar refractivity (Wildman–Crippen MR) is 101 cm³/mol. The Morgan fingerprint density at radius 2 is 2.07 bits per heavy atom. The van der Waals surface area contributed by atoms with Crippen molar-refractivity contribution in [2.45, 2.75) is 19.2 Å². The standard InChI is InChI=1S/C20H19F3N4O3/c1-13-17(11-26-27(13)18-7-2-3-8-24-18)19(29)25-10-15(28)12-30-16-6-4-5-14(9-16)20(21,22)23/h2-9,11,15,28H,10,12H2,1H3,(H,25,29). The molecule has 30 heavy (non-hydrogen) atoms. The van der Waals surface area contributed by atoms with Crippen LogP contribution in [0.5, 0.6) is 5.75 Å². The molecule has 1 atom stereocenters. The van der Waals surface area contributed by atoms with E-state index in [1.807, 2.05) is 0 Å². The zero-order valence-corrected chi connectivity index (χ0v) is 15.9. The molecule has 2 aromatic heterocycles. The van der Waals surface area contributed by atoms with Crippen molar-refractivity contribution in [3.8, 4) is 11.6 Å². The number of aliphatic hydroxyl groups excluding tert-OH is 1. The van der Waals surface area contributed by atoms with Crippen molar-refractivity contribution in [3.63, 3.8) is 0 Å². The molecule has 158 valence electrons. The molecule has 0 bridgehead atoms. The first-order valence-corrected chi connectivity index (χ1v) is 8.98. The number of carbonyl (C=O) groups excluding carboxylic acids is 1. The summed E-state index contributed by atoms with van der Waals surface area (Å²) in [4.78, 5) is 16.6. The average molecular weight is 420 g/mol. The monoisotopic (exact) mass is 420 g/mol. The van der Waals surface area contributed by atoms with Crippen LogP contribution in [0.2, 0.25) is 0 Å². The molecule has 1 unspecified atom stereocenters. The van der Waals surface area contributed by atoms with E-state index in [1.165, 1.54) is 23.0 Å². The van der Waals surface area contributed by atoms with Crippen LogP contribution in [0, 0.1) is 6.92 Å². The highest BCUT2D eigenvalue weighted by atomic mass is 19.4. The van der Waals surface area contributed by atoms with Gasteiger partial charge in [0.2, 0.25) is 0 Å². The molecule has 0 radical (unpaired) electrons. The summed E-state index contributed by atoms with van der Waals surface area (Å²) in [6.07, 6.45) is -2.60. The summed E-state index contributed by atoms with van der Waals surface area (Å²) in [7, 11) is 0. The molecule has 1 amide bonds. The summed E-state index contributed by atoms with van der Waals surface area (Å²) >= 11 is 0. The Bertz CT molecular complexity index is 1010. The fourth-order valence-electron chi connectivity index (χ4n) is 2.66. The van der Waals surface area contributed by atoms with Crippen molar-refractivity contribution in [1.82, 2.24) is 20.1 Å². The first-order chi connectivity index (χ1) is 14.3. The molecule has 0 saturated carbocycles. The molecule has 7 nitrogen and oxygen atoms in total. The second kappa shape index (κ2) is 8.95. The predicted octanol–water partition coefficient (Wildman–Crippen LogP) is 2.76. The smallest absolute Gasteiger partial charge is 0.416 e. The average Bonchev–Trinajstić information content (AvgIpc) is 3.12. The summed E-state index contributed by atoms with van der Waals surface area (Å²) in [5.41, 5.74) is 0.0377. The van der Waals surface area contributed by atoms with Crippen LogP contribution in [0.4, 0.5) is 13.2 Å². The lowest BCUT2D eigenvalue weighted by Gasteiger charge is -2.14. The Morgan fingerprint density at radius 3 is 2.77 bits per heavy atom. The number of amides is 1. The van der Waals surface area contributed by atoms with Gasteiger partial charge in [-0.15, -0.1) is 0 Å². The highest BCUT2D eigenvalue weighted by Gasteiger charge is 2.30. The number of aromatic nitrogens is 3. The van der Waals surface area contributed by atoms with Crippen LogP contribution >= 0.6 is 0 Å². The van der Waals surface area contributed by atoms with Crippen LogP contribution in [-0.4, -0.2) is 45.0 Å². The number of alkyl halides is 3. The number of hydrogen-bond donors (Lipinski definition) is 2. The summed E-state index contributed by atoms with van der Waals surface area (Å²) in [5, 5.41) is 16.7. The second-order valence-corrected chi connectivity index (χ2v) is 6.44. The molecule has 0 saturated heterocycles. The molecule has 0 aliphatic heterocycles. The van der Waals surface area contributed by atoms with Gasteiger partial charge in [0.1, 0.15) is 18.5 Å². The first-order valence-electron chi connectivity index (χ1n) is 8.98. The van der Waals surface area contributed by atoms with Gasteiger partial charge in [-0.2, -0.15) is 18.3 Å². The van der Waals surface area contributed by atoms with Crippen molar-refractivity contribution in [1.29, 1.82) is 0 Å². The minimum Gasteiger partial charge on any atom is -0.491 e. The quantitative estimate of drug-likeness (QED) is 0.614. The maximum Gasteiger partial charge on any atom is 0.416 e.